The van der Waals surface area contributed by atoms with Crippen LogP contribution in [0.15, 0.2) is 127 Å². The van der Waals surface area contributed by atoms with Gasteiger partial charge in [-0.2, -0.15) is 9.13 Å². The summed E-state index contributed by atoms with van der Waals surface area (Å²) in [6.07, 6.45) is 15.7. The lowest BCUT2D eigenvalue weighted by atomic mass is 10.0. The van der Waals surface area contributed by atoms with Gasteiger partial charge >= 0.3 is 0 Å². The van der Waals surface area contributed by atoms with Gasteiger partial charge < -0.3 is 4.90 Å². The first kappa shape index (κ1) is 26.5. The number of allylic oxidation sites excluding steroid dienone is 5. The molecule has 1 aliphatic heterocycles. The third-order valence-electron chi connectivity index (χ3n) is 7.99. The molecule has 0 N–H and O–H groups in total. The van der Waals surface area contributed by atoms with E-state index in [1.54, 1.807) is 0 Å². The van der Waals surface area contributed by atoms with Crippen LogP contribution >= 0.6 is 0 Å². The fourth-order valence-corrected chi connectivity index (χ4v) is 5.96. The lowest BCUT2D eigenvalue weighted by molar-refractivity contribution is -0.670. The number of aromatic nitrogens is 2. The van der Waals surface area contributed by atoms with Crippen molar-refractivity contribution in [1.29, 1.82) is 0 Å². The van der Waals surface area contributed by atoms with Gasteiger partial charge in [-0.3, -0.25) is 0 Å². The van der Waals surface area contributed by atoms with Crippen LogP contribution in [0.1, 0.15) is 37.6 Å². The number of likely N-dealkylation sites (N-methyl/N-ethyl adjacent to an activating group) is 1. The van der Waals surface area contributed by atoms with Crippen molar-refractivity contribution >= 4 is 45.2 Å². The van der Waals surface area contributed by atoms with Gasteiger partial charge in [-0.15, -0.1) is 0 Å². The molecule has 0 aliphatic carbocycles. The van der Waals surface area contributed by atoms with Crippen LogP contribution < -0.4 is 14.0 Å². The number of hydrogen-bond acceptors (Lipinski definition) is 1. The highest BCUT2D eigenvalue weighted by Crippen LogP contribution is 2.32. The van der Waals surface area contributed by atoms with Crippen molar-refractivity contribution < 1.29 is 9.13 Å². The number of aryl methyl sites for hydroxylation is 2. The van der Waals surface area contributed by atoms with Gasteiger partial charge in [0.2, 0.25) is 16.7 Å². The molecular formula is C38H37N3+2. The zero-order valence-corrected chi connectivity index (χ0v) is 24.2. The van der Waals surface area contributed by atoms with Gasteiger partial charge in [0, 0.05) is 53.2 Å². The first-order valence-electron chi connectivity index (χ1n) is 14.7. The van der Waals surface area contributed by atoms with Crippen LogP contribution in [-0.2, 0) is 13.1 Å². The Hall–Kier alpha value is -4.76. The number of rotatable bonds is 7. The summed E-state index contributed by atoms with van der Waals surface area (Å²) in [7, 11) is 0. The van der Waals surface area contributed by atoms with Crippen molar-refractivity contribution in [2.75, 3.05) is 11.4 Å². The van der Waals surface area contributed by atoms with Crippen LogP contribution in [0, 0.1) is 0 Å². The Morgan fingerprint density at radius 3 is 2.37 bits per heavy atom. The summed E-state index contributed by atoms with van der Waals surface area (Å²) in [5, 5.41) is 2.52. The fraction of sp³-hybridized carbons (Fsp3) is 0.158. The molecule has 1 aliphatic rings. The molecule has 3 heteroatoms. The van der Waals surface area contributed by atoms with Crippen molar-refractivity contribution in [3.8, 4) is 0 Å². The largest absolute Gasteiger partial charge is 0.341 e. The topological polar surface area (TPSA) is 11.0 Å². The van der Waals surface area contributed by atoms with E-state index in [4.69, 9.17) is 0 Å². The first-order valence-corrected chi connectivity index (χ1v) is 14.7. The summed E-state index contributed by atoms with van der Waals surface area (Å²) in [6, 6.07) is 32.7. The molecule has 3 heterocycles. The maximum Gasteiger partial charge on any atom is 0.213 e. The van der Waals surface area contributed by atoms with E-state index in [-0.39, 0.29) is 0 Å². The van der Waals surface area contributed by atoms with Crippen LogP contribution in [0.3, 0.4) is 0 Å². The second-order valence-electron chi connectivity index (χ2n) is 10.3. The fourth-order valence-electron chi connectivity index (χ4n) is 5.96. The normalized spacial score (nSPS) is 14.5. The minimum Gasteiger partial charge on any atom is -0.341 e. The zero-order chi connectivity index (χ0) is 28.2. The molecule has 2 aromatic heterocycles. The number of para-hydroxylation sites is 3. The lowest BCUT2D eigenvalue weighted by Gasteiger charge is -2.29. The molecule has 0 fully saturated rings. The Bertz CT molecular complexity index is 1860. The number of hydrogen-bond donors (Lipinski definition) is 0. The molecule has 5 aromatic rings. The lowest BCUT2D eigenvalue weighted by Crippen LogP contribution is -2.37. The van der Waals surface area contributed by atoms with Gasteiger partial charge in [-0.1, -0.05) is 60.7 Å². The van der Waals surface area contributed by atoms with Crippen molar-refractivity contribution in [1.82, 2.24) is 0 Å². The Morgan fingerprint density at radius 2 is 1.54 bits per heavy atom. The number of fused-ring (bicyclic) bond motifs is 3. The van der Waals surface area contributed by atoms with Crippen molar-refractivity contribution in [3.63, 3.8) is 0 Å². The molecule has 0 amide bonds. The number of anilines is 1. The second-order valence-corrected chi connectivity index (χ2v) is 10.3. The van der Waals surface area contributed by atoms with Crippen LogP contribution in [0.25, 0.3) is 39.5 Å². The quantitative estimate of drug-likeness (QED) is 0.151. The van der Waals surface area contributed by atoms with E-state index in [9.17, 15) is 0 Å². The number of benzene rings is 3. The standard InChI is InChI=1S/C38H37N3/c1-4-39-27-26-29(34-18-9-12-21-38(34)39)16-13-17-32(37-25-23-31-15-8-11-20-36(31)41(37)6-3)28-33-24-22-30-14-7-10-19-35(30)40(33)5-2/h7-28H,4-6H2,1-3H3/q+2. The SMILES string of the molecule is CCN1C(=CC(=CC=Cc2cc[n+](CC)c3ccccc23)c2ccc3ccccc3[n+]2CC)C=Cc2ccccc21. The molecule has 0 saturated carbocycles. The summed E-state index contributed by atoms with van der Waals surface area (Å²) in [4.78, 5) is 2.40. The molecule has 41 heavy (non-hydrogen) atoms. The highest BCUT2D eigenvalue weighted by atomic mass is 15.1. The van der Waals surface area contributed by atoms with E-state index in [0.717, 1.165) is 19.6 Å². The van der Waals surface area contributed by atoms with Gasteiger partial charge in [-0.05, 0) is 74.4 Å². The molecule has 0 atom stereocenters. The average molecular weight is 536 g/mol. The summed E-state index contributed by atoms with van der Waals surface area (Å²) in [6.45, 7) is 9.37. The van der Waals surface area contributed by atoms with Gasteiger partial charge in [0.05, 0.1) is 5.39 Å². The smallest absolute Gasteiger partial charge is 0.213 e. The summed E-state index contributed by atoms with van der Waals surface area (Å²) in [5.74, 6) is 0. The molecule has 0 bridgehead atoms. The average Bonchev–Trinajstić information content (AvgIpc) is 3.03. The Morgan fingerprint density at radius 1 is 0.756 bits per heavy atom. The van der Waals surface area contributed by atoms with Crippen LogP contribution in [0.2, 0.25) is 0 Å². The van der Waals surface area contributed by atoms with E-state index < -0.39 is 0 Å². The molecule has 3 nitrogen and oxygen atoms in total. The maximum absolute atomic E-state index is 2.42. The predicted molar refractivity (Wildman–Crippen MR) is 173 cm³/mol. The van der Waals surface area contributed by atoms with E-state index in [1.165, 1.54) is 55.6 Å². The molecule has 0 saturated heterocycles. The Labute approximate surface area is 243 Å². The second kappa shape index (κ2) is 11.8. The molecular weight excluding hydrogens is 498 g/mol. The van der Waals surface area contributed by atoms with E-state index in [1.807, 2.05) is 0 Å². The van der Waals surface area contributed by atoms with Gasteiger partial charge in [0.15, 0.2) is 6.20 Å². The first-order chi connectivity index (χ1) is 20.2. The Kier molecular flexibility index (Phi) is 7.60. The van der Waals surface area contributed by atoms with Crippen LogP contribution in [0.4, 0.5) is 5.69 Å². The molecule has 3 aromatic carbocycles. The van der Waals surface area contributed by atoms with Crippen molar-refractivity contribution in [3.05, 3.63) is 144 Å². The van der Waals surface area contributed by atoms with E-state index in [2.05, 4.69) is 168 Å². The molecule has 0 spiro atoms. The number of nitrogens with zero attached hydrogens (tertiary/aromatic N) is 3. The molecule has 0 unspecified atom stereocenters. The van der Waals surface area contributed by atoms with Gasteiger partial charge in [0.1, 0.15) is 13.1 Å². The summed E-state index contributed by atoms with van der Waals surface area (Å²) in [5.41, 5.74) is 9.80. The highest BCUT2D eigenvalue weighted by Gasteiger charge is 2.20. The molecule has 6 rings (SSSR count). The van der Waals surface area contributed by atoms with E-state index >= 15 is 0 Å². The monoisotopic (exact) mass is 535 g/mol. The Balaban J connectivity index is 1.50. The summed E-state index contributed by atoms with van der Waals surface area (Å²) < 4.78 is 4.72. The van der Waals surface area contributed by atoms with Gasteiger partial charge in [0.25, 0.3) is 0 Å². The van der Waals surface area contributed by atoms with Crippen molar-refractivity contribution in [2.24, 2.45) is 0 Å². The number of pyridine rings is 2. The zero-order valence-electron chi connectivity index (χ0n) is 24.2. The third kappa shape index (κ3) is 5.12. The van der Waals surface area contributed by atoms with Gasteiger partial charge in [-0.25, -0.2) is 0 Å². The van der Waals surface area contributed by atoms with E-state index in [0.29, 0.717) is 0 Å². The van der Waals surface area contributed by atoms with Crippen molar-refractivity contribution in [2.45, 2.75) is 33.9 Å². The minimum absolute atomic E-state index is 0.886. The third-order valence-corrected chi connectivity index (χ3v) is 7.99. The summed E-state index contributed by atoms with van der Waals surface area (Å²) >= 11 is 0. The molecule has 202 valence electrons. The maximum atomic E-state index is 2.42. The van der Waals surface area contributed by atoms with Crippen LogP contribution in [0.5, 0.6) is 0 Å². The molecule has 0 radical (unpaired) electrons. The predicted octanol–water partition coefficient (Wildman–Crippen LogP) is 8.14. The minimum atomic E-state index is 0.886. The highest BCUT2D eigenvalue weighted by molar-refractivity contribution is 5.87. The van der Waals surface area contributed by atoms with Crippen LogP contribution in [-0.4, -0.2) is 6.54 Å².